The molecular formula is C20H20B3N7O2. The number of hydrogen-bond acceptors (Lipinski definition) is 7. The number of ether oxygens (including phenoxy) is 2. The molecule has 0 saturated heterocycles. The highest BCUT2D eigenvalue weighted by atomic mass is 16.5. The third-order valence-corrected chi connectivity index (χ3v) is 5.70. The predicted molar refractivity (Wildman–Crippen MR) is 123 cm³/mol. The van der Waals surface area contributed by atoms with Gasteiger partial charge in [-0.15, -0.1) is 0 Å². The van der Waals surface area contributed by atoms with Crippen molar-refractivity contribution in [2.45, 2.75) is 43.1 Å². The van der Waals surface area contributed by atoms with Crippen molar-refractivity contribution in [3.8, 4) is 17.0 Å². The van der Waals surface area contributed by atoms with Crippen LogP contribution in [0.2, 0.25) is 0 Å². The molecule has 4 aromatic heterocycles. The summed E-state index contributed by atoms with van der Waals surface area (Å²) in [6, 6.07) is 4.05. The van der Waals surface area contributed by atoms with Crippen LogP contribution in [0.25, 0.3) is 27.8 Å². The summed E-state index contributed by atoms with van der Waals surface area (Å²) in [7, 11) is 19.0. The molecule has 0 aromatic carbocycles. The third-order valence-electron chi connectivity index (χ3n) is 5.70. The molecule has 9 nitrogen and oxygen atoms in total. The van der Waals surface area contributed by atoms with E-state index in [4.69, 9.17) is 33.0 Å². The molecule has 1 aliphatic carbocycles. The Labute approximate surface area is 188 Å². The molecule has 0 bridgehead atoms. The Morgan fingerprint density at radius 1 is 1.19 bits per heavy atom. The molecule has 0 amide bonds. The zero-order valence-corrected chi connectivity index (χ0v) is 17.7. The third kappa shape index (κ3) is 4.19. The number of rotatable bonds is 6. The first-order valence-electron chi connectivity index (χ1n) is 10.4. The van der Waals surface area contributed by atoms with Crippen LogP contribution in [0.4, 0.5) is 5.95 Å². The van der Waals surface area contributed by atoms with Gasteiger partial charge in [-0.3, -0.25) is 0 Å². The monoisotopic (exact) mass is 423 g/mol. The fourth-order valence-corrected chi connectivity index (χ4v) is 4.14. The van der Waals surface area contributed by atoms with Crippen molar-refractivity contribution in [3.05, 3.63) is 30.9 Å². The van der Waals surface area contributed by atoms with Crippen molar-refractivity contribution in [2.24, 2.45) is 0 Å². The van der Waals surface area contributed by atoms with E-state index in [0.29, 0.717) is 28.7 Å². The Kier molecular flexibility index (Phi) is 5.32. The van der Waals surface area contributed by atoms with E-state index in [-0.39, 0.29) is 11.9 Å². The lowest BCUT2D eigenvalue weighted by atomic mass is 9.52. The van der Waals surface area contributed by atoms with Crippen molar-refractivity contribution in [3.63, 3.8) is 0 Å². The summed E-state index contributed by atoms with van der Waals surface area (Å²) in [5, 5.41) is 6.24. The van der Waals surface area contributed by atoms with Gasteiger partial charge in [0.05, 0.1) is 11.5 Å². The number of anilines is 1. The van der Waals surface area contributed by atoms with Crippen molar-refractivity contribution < 1.29 is 9.47 Å². The number of nitrogens with zero attached hydrogens (tertiary/aromatic N) is 5. The number of aromatic amines is 1. The summed E-state index contributed by atoms with van der Waals surface area (Å²) < 4.78 is 12.8. The smallest absolute Gasteiger partial charge is 0.228 e. The van der Waals surface area contributed by atoms with Crippen LogP contribution in [0, 0.1) is 0 Å². The Bertz CT molecular complexity index is 1250. The first-order valence-corrected chi connectivity index (χ1v) is 10.4. The molecule has 6 radical (unpaired) electrons. The van der Waals surface area contributed by atoms with Gasteiger partial charge in [0.2, 0.25) is 11.8 Å². The summed E-state index contributed by atoms with van der Waals surface area (Å²) in [6.45, 7) is 0. The van der Waals surface area contributed by atoms with Crippen LogP contribution in [-0.4, -0.2) is 77.6 Å². The highest BCUT2D eigenvalue weighted by Crippen LogP contribution is 2.36. The van der Waals surface area contributed by atoms with Crippen molar-refractivity contribution in [1.82, 2.24) is 29.5 Å². The van der Waals surface area contributed by atoms with Crippen LogP contribution < -0.4 is 10.1 Å². The van der Waals surface area contributed by atoms with Crippen LogP contribution in [-0.2, 0) is 4.74 Å². The molecule has 4 heterocycles. The van der Waals surface area contributed by atoms with Gasteiger partial charge < -0.3 is 19.8 Å². The average molecular weight is 423 g/mol. The Morgan fingerprint density at radius 2 is 2.00 bits per heavy atom. The molecule has 1 aliphatic rings. The van der Waals surface area contributed by atoms with Crippen LogP contribution >= 0.6 is 0 Å². The minimum absolute atomic E-state index is 0.188. The van der Waals surface area contributed by atoms with E-state index < -0.39 is 5.30 Å². The van der Waals surface area contributed by atoms with Crippen LogP contribution in [0.1, 0.15) is 25.7 Å². The van der Waals surface area contributed by atoms with Gasteiger partial charge >= 0.3 is 0 Å². The summed E-state index contributed by atoms with van der Waals surface area (Å²) in [5.41, 5.74) is 2.96. The van der Waals surface area contributed by atoms with Crippen LogP contribution in [0.5, 0.6) is 5.88 Å². The summed E-state index contributed by atoms with van der Waals surface area (Å²) >= 11 is 0. The maximum Gasteiger partial charge on any atom is 0.228 e. The zero-order chi connectivity index (χ0) is 22.3. The van der Waals surface area contributed by atoms with E-state index in [0.717, 1.165) is 36.8 Å². The quantitative estimate of drug-likeness (QED) is 0.454. The summed E-state index contributed by atoms with van der Waals surface area (Å²) in [5.74, 6) is 0.604. The molecule has 1 saturated carbocycles. The largest absolute Gasteiger partial charge is 0.500 e. The molecule has 2 N–H and O–H groups in total. The lowest BCUT2D eigenvalue weighted by molar-refractivity contribution is 0.0681. The molecule has 0 atom stereocenters. The van der Waals surface area contributed by atoms with Crippen molar-refractivity contribution >= 4 is 46.2 Å². The number of fused-ring (bicyclic) bond motifs is 2. The van der Waals surface area contributed by atoms with Gasteiger partial charge in [0.25, 0.3) is 0 Å². The Morgan fingerprint density at radius 3 is 2.75 bits per heavy atom. The lowest BCUT2D eigenvalue weighted by Gasteiger charge is -2.28. The molecule has 156 valence electrons. The number of pyridine rings is 1. The highest BCUT2D eigenvalue weighted by molar-refractivity contribution is 6.58. The highest BCUT2D eigenvalue weighted by Gasteiger charge is 2.24. The molecule has 1 fully saturated rings. The second-order valence-corrected chi connectivity index (χ2v) is 8.07. The van der Waals surface area contributed by atoms with E-state index in [1.54, 1.807) is 11.6 Å². The van der Waals surface area contributed by atoms with Gasteiger partial charge in [-0.2, -0.15) is 15.1 Å². The van der Waals surface area contributed by atoms with E-state index in [1.165, 1.54) is 6.33 Å². The fourth-order valence-electron chi connectivity index (χ4n) is 4.14. The molecule has 0 spiro atoms. The second-order valence-electron chi connectivity index (χ2n) is 8.07. The Hall–Kier alpha value is -3.01. The van der Waals surface area contributed by atoms with Gasteiger partial charge in [-0.25, -0.2) is 9.50 Å². The fraction of sp³-hybridized carbons (Fsp3) is 0.400. The first kappa shape index (κ1) is 20.9. The molecule has 0 aliphatic heterocycles. The van der Waals surface area contributed by atoms with E-state index in [2.05, 4.69) is 30.4 Å². The number of aromatic nitrogens is 6. The van der Waals surface area contributed by atoms with E-state index in [9.17, 15) is 0 Å². The minimum atomic E-state index is -1.90. The number of methoxy groups -OCH3 is 1. The zero-order valence-electron chi connectivity index (χ0n) is 17.7. The van der Waals surface area contributed by atoms with Crippen molar-refractivity contribution in [2.75, 3.05) is 12.4 Å². The summed E-state index contributed by atoms with van der Waals surface area (Å²) in [4.78, 5) is 16.6. The predicted octanol–water partition coefficient (Wildman–Crippen LogP) is 1.53. The Balaban J connectivity index is 1.53. The van der Waals surface area contributed by atoms with Gasteiger partial charge in [0, 0.05) is 31.1 Å². The minimum Gasteiger partial charge on any atom is -0.500 e. The molecule has 0 unspecified atom stereocenters. The molecule has 12 heteroatoms. The number of hydrogen-bond donors (Lipinski definition) is 2. The number of H-pyrrole nitrogens is 1. The van der Waals surface area contributed by atoms with E-state index >= 15 is 0 Å². The molecule has 4 aromatic rings. The van der Waals surface area contributed by atoms with Gasteiger partial charge in [0.15, 0.2) is 5.65 Å². The van der Waals surface area contributed by atoms with E-state index in [1.807, 2.05) is 24.5 Å². The van der Waals surface area contributed by atoms with Crippen molar-refractivity contribution in [1.29, 1.82) is 0 Å². The van der Waals surface area contributed by atoms with Gasteiger partial charge in [-0.05, 0) is 48.7 Å². The number of nitrogens with one attached hydrogen (secondary N) is 2. The second kappa shape index (κ2) is 8.16. The summed E-state index contributed by atoms with van der Waals surface area (Å²) in [6.07, 6.45) is 9.32. The maximum absolute atomic E-state index is 5.75. The SMILES string of the molecule is [B]C([B])([B])Oc1nc(NC2CCC(OC)CC2)nc2[nH]cc(-c3ccn4ncnc4c3)c12. The lowest BCUT2D eigenvalue weighted by Crippen LogP contribution is -2.38. The molecule has 32 heavy (non-hydrogen) atoms. The topological polar surface area (TPSA) is 102 Å². The normalized spacial score (nSPS) is 19.4. The average Bonchev–Trinajstić information content (AvgIpc) is 3.39. The first-order chi connectivity index (χ1) is 15.4. The maximum atomic E-state index is 5.75. The van der Waals surface area contributed by atoms with Crippen LogP contribution in [0.15, 0.2) is 30.9 Å². The van der Waals surface area contributed by atoms with Crippen LogP contribution in [0.3, 0.4) is 0 Å². The van der Waals surface area contributed by atoms with Gasteiger partial charge in [-0.1, -0.05) is 0 Å². The molecular weight excluding hydrogens is 403 g/mol. The standard InChI is InChI=1S/C20H20B3N7O2/c1-31-13-4-2-12(3-5-13)27-19-28-17-16(18(29-19)32-20(21,22)23)14(9-24-17)11-6-7-30-15(8-11)25-10-26-30/h6-10,12-13H,2-5H2,1H3,(H2,24,27,28,29). The van der Waals surface area contributed by atoms with Gasteiger partial charge in [0.1, 0.15) is 35.5 Å². The molecule has 5 rings (SSSR count).